The van der Waals surface area contributed by atoms with Crippen molar-refractivity contribution in [2.75, 3.05) is 10.6 Å². The highest BCUT2D eigenvalue weighted by molar-refractivity contribution is 5.84. The predicted octanol–water partition coefficient (Wildman–Crippen LogP) is 7.10. The zero-order valence-corrected chi connectivity index (χ0v) is 17.9. The molecule has 2 aromatic carbocycles. The number of aryl methyl sites for hydroxylation is 2. The van der Waals surface area contributed by atoms with E-state index in [4.69, 9.17) is 0 Å². The quantitative estimate of drug-likeness (QED) is 0.528. The van der Waals surface area contributed by atoms with Crippen molar-refractivity contribution in [2.24, 2.45) is 10.4 Å². The van der Waals surface area contributed by atoms with Gasteiger partial charge in [-0.25, -0.2) is 0 Å². The highest BCUT2D eigenvalue weighted by Gasteiger charge is 2.30. The molecule has 0 aliphatic heterocycles. The third-order valence-electron chi connectivity index (χ3n) is 5.55. The van der Waals surface area contributed by atoms with Crippen molar-refractivity contribution < 1.29 is 0 Å². The van der Waals surface area contributed by atoms with Crippen molar-refractivity contribution in [1.82, 2.24) is 0 Å². The molecule has 28 heavy (non-hydrogen) atoms. The summed E-state index contributed by atoms with van der Waals surface area (Å²) in [7, 11) is 0. The molecule has 1 aliphatic rings. The van der Waals surface area contributed by atoms with Crippen molar-refractivity contribution in [3.05, 3.63) is 59.7 Å². The van der Waals surface area contributed by atoms with Gasteiger partial charge in [-0.3, -0.25) is 4.99 Å². The van der Waals surface area contributed by atoms with Crippen LogP contribution in [0.15, 0.2) is 48.0 Å². The van der Waals surface area contributed by atoms with Crippen LogP contribution in [0.25, 0.3) is 5.70 Å². The smallest absolute Gasteiger partial charge is 0.0723 e. The molecule has 3 rings (SSSR count). The van der Waals surface area contributed by atoms with Crippen LogP contribution in [0.4, 0.5) is 17.1 Å². The summed E-state index contributed by atoms with van der Waals surface area (Å²) >= 11 is 0. The van der Waals surface area contributed by atoms with Gasteiger partial charge in [0.1, 0.15) is 0 Å². The number of nitrogens with zero attached hydrogens (tertiary/aromatic N) is 1. The van der Waals surface area contributed by atoms with Crippen molar-refractivity contribution in [3.63, 3.8) is 0 Å². The third kappa shape index (κ3) is 4.83. The molecule has 0 spiro atoms. The summed E-state index contributed by atoms with van der Waals surface area (Å²) in [5, 5.41) is 7.14. The van der Waals surface area contributed by atoms with Crippen LogP contribution in [-0.4, -0.2) is 12.3 Å². The van der Waals surface area contributed by atoms with Crippen LogP contribution < -0.4 is 10.6 Å². The number of nitrogens with one attached hydrogen (secondary N) is 2. The Morgan fingerprint density at radius 3 is 2.43 bits per heavy atom. The number of rotatable bonds is 6. The van der Waals surface area contributed by atoms with Crippen LogP contribution in [-0.2, 0) is 0 Å². The van der Waals surface area contributed by atoms with Gasteiger partial charge in [0, 0.05) is 34.9 Å². The molecule has 1 fully saturated rings. The highest BCUT2D eigenvalue weighted by Crippen LogP contribution is 2.38. The first-order chi connectivity index (χ1) is 13.3. The van der Waals surface area contributed by atoms with Gasteiger partial charge in [-0.2, -0.15) is 0 Å². The maximum Gasteiger partial charge on any atom is 0.0723 e. The summed E-state index contributed by atoms with van der Waals surface area (Å²) in [4.78, 5) is 4.54. The molecule has 0 aromatic heterocycles. The molecule has 1 unspecified atom stereocenters. The van der Waals surface area contributed by atoms with Gasteiger partial charge in [0.2, 0.25) is 0 Å². The molecule has 1 aliphatic carbocycles. The third-order valence-corrected chi connectivity index (χ3v) is 5.55. The minimum Gasteiger partial charge on any atom is -0.382 e. The number of benzene rings is 2. The normalized spacial score (nSPS) is 18.4. The molecule has 148 valence electrons. The molecule has 1 atom stereocenters. The molecule has 0 saturated heterocycles. The van der Waals surface area contributed by atoms with Crippen LogP contribution in [0.3, 0.4) is 0 Å². The summed E-state index contributed by atoms with van der Waals surface area (Å²) < 4.78 is 0. The zero-order valence-electron chi connectivity index (χ0n) is 17.9. The van der Waals surface area contributed by atoms with Gasteiger partial charge < -0.3 is 10.6 Å². The second-order valence-electron chi connectivity index (χ2n) is 8.79. The summed E-state index contributed by atoms with van der Waals surface area (Å²) in [5.74, 6) is 0. The highest BCUT2D eigenvalue weighted by atomic mass is 14.9. The minimum atomic E-state index is 0.460. The monoisotopic (exact) mass is 375 g/mol. The Balaban J connectivity index is 1.70. The summed E-state index contributed by atoms with van der Waals surface area (Å²) in [6.45, 7) is 15.1. The van der Waals surface area contributed by atoms with Crippen molar-refractivity contribution >= 4 is 29.0 Å². The predicted molar refractivity (Wildman–Crippen MR) is 124 cm³/mol. The van der Waals surface area contributed by atoms with Crippen molar-refractivity contribution in [1.29, 1.82) is 0 Å². The molecule has 2 aromatic rings. The SMILES string of the molecule is C=C(Nc1ccc(NC2CCC(C)(C)C2)cc1)c1c(C)cc(C)cc1N=CC. The van der Waals surface area contributed by atoms with E-state index in [1.54, 1.807) is 0 Å². The standard InChI is InChI=1S/C25H33N3/c1-7-26-23-15-17(2)14-18(3)24(23)19(4)27-20-8-10-21(11-9-20)28-22-12-13-25(5,6)16-22/h7-11,14-15,22,27-28H,4,12-13,16H2,1-3,5-6H3. The summed E-state index contributed by atoms with van der Waals surface area (Å²) in [6.07, 6.45) is 5.60. The first kappa shape index (κ1) is 20.2. The lowest BCUT2D eigenvalue weighted by molar-refractivity contribution is 0.378. The van der Waals surface area contributed by atoms with Gasteiger partial charge in [0.05, 0.1) is 5.69 Å². The van der Waals surface area contributed by atoms with E-state index >= 15 is 0 Å². The van der Waals surface area contributed by atoms with Gasteiger partial charge in [0.15, 0.2) is 0 Å². The fraction of sp³-hybridized carbons (Fsp3) is 0.400. The first-order valence-corrected chi connectivity index (χ1v) is 10.2. The summed E-state index contributed by atoms with van der Waals surface area (Å²) in [5.41, 5.74) is 7.97. The molecule has 0 amide bonds. The van der Waals surface area contributed by atoms with E-state index in [1.807, 2.05) is 13.1 Å². The first-order valence-electron chi connectivity index (χ1n) is 10.2. The van der Waals surface area contributed by atoms with Gasteiger partial charge >= 0.3 is 0 Å². The van der Waals surface area contributed by atoms with Gasteiger partial charge in [-0.1, -0.05) is 26.5 Å². The van der Waals surface area contributed by atoms with E-state index in [0.717, 1.165) is 22.6 Å². The molecule has 1 saturated carbocycles. The Kier molecular flexibility index (Phi) is 5.93. The average Bonchev–Trinajstić information content (AvgIpc) is 2.95. The summed E-state index contributed by atoms with van der Waals surface area (Å²) in [6, 6.07) is 13.4. The minimum absolute atomic E-state index is 0.460. The Hall–Kier alpha value is -2.55. The average molecular weight is 376 g/mol. The Morgan fingerprint density at radius 2 is 1.82 bits per heavy atom. The second-order valence-corrected chi connectivity index (χ2v) is 8.79. The fourth-order valence-corrected chi connectivity index (χ4v) is 4.26. The van der Waals surface area contributed by atoms with Crippen molar-refractivity contribution in [3.8, 4) is 0 Å². The van der Waals surface area contributed by atoms with Gasteiger partial charge in [-0.15, -0.1) is 0 Å². The van der Waals surface area contributed by atoms with Crippen LogP contribution in [0.5, 0.6) is 0 Å². The molecular weight excluding hydrogens is 342 g/mol. The molecule has 3 nitrogen and oxygen atoms in total. The van der Waals surface area contributed by atoms with Crippen LogP contribution >= 0.6 is 0 Å². The lowest BCUT2D eigenvalue weighted by atomic mass is 9.92. The Bertz CT molecular complexity index is 875. The molecule has 0 heterocycles. The maximum atomic E-state index is 4.54. The van der Waals surface area contributed by atoms with Gasteiger partial charge in [-0.05, 0) is 86.9 Å². The number of hydrogen-bond donors (Lipinski definition) is 2. The van der Waals surface area contributed by atoms with E-state index < -0.39 is 0 Å². The van der Waals surface area contributed by atoms with Crippen molar-refractivity contribution in [2.45, 2.75) is 59.9 Å². The van der Waals surface area contributed by atoms with Crippen LogP contribution in [0, 0.1) is 19.3 Å². The van der Waals surface area contributed by atoms with E-state index in [1.165, 1.54) is 36.1 Å². The molecule has 2 N–H and O–H groups in total. The lowest BCUT2D eigenvalue weighted by Gasteiger charge is -2.19. The van der Waals surface area contributed by atoms with E-state index in [0.29, 0.717) is 11.5 Å². The second kappa shape index (κ2) is 8.22. The number of hydrogen-bond acceptors (Lipinski definition) is 3. The topological polar surface area (TPSA) is 36.4 Å². The fourth-order valence-electron chi connectivity index (χ4n) is 4.26. The van der Waals surface area contributed by atoms with E-state index in [9.17, 15) is 0 Å². The van der Waals surface area contributed by atoms with E-state index in [2.05, 4.69) is 86.3 Å². The maximum absolute atomic E-state index is 4.54. The number of anilines is 2. The zero-order chi connectivity index (χ0) is 20.3. The largest absolute Gasteiger partial charge is 0.382 e. The Morgan fingerprint density at radius 1 is 1.14 bits per heavy atom. The molecule has 0 bridgehead atoms. The number of aliphatic imine (C=N–C) groups is 1. The lowest BCUT2D eigenvalue weighted by Crippen LogP contribution is -2.17. The van der Waals surface area contributed by atoms with Crippen LogP contribution in [0.2, 0.25) is 0 Å². The van der Waals surface area contributed by atoms with E-state index in [-0.39, 0.29) is 0 Å². The molecule has 3 heteroatoms. The Labute approximate surface area is 170 Å². The van der Waals surface area contributed by atoms with Crippen LogP contribution in [0.1, 0.15) is 56.7 Å². The molecule has 0 radical (unpaired) electrons. The van der Waals surface area contributed by atoms with Gasteiger partial charge in [0.25, 0.3) is 0 Å². The molecular formula is C25H33N3.